The molecule has 1 saturated heterocycles. The number of nitrogens with one attached hydrogen (secondary N) is 1. The summed E-state index contributed by atoms with van der Waals surface area (Å²) in [7, 11) is 0. The highest BCUT2D eigenvalue weighted by Crippen LogP contribution is 2.36. The standard InChI is InChI=1S/C22H19F6N3OS/c23-21(24,25)15-9-14(10-16(11-15)22(26,27)28)19(32)29-12-13-5-7-31(8-6-13)20-30-17-3-1-2-4-18(17)33-20/h1-4,9-11,13H,5-8,12H2,(H,29,32). The molecular weight excluding hydrogens is 468 g/mol. The summed E-state index contributed by atoms with van der Waals surface area (Å²) < 4.78 is 79.2. The lowest BCUT2D eigenvalue weighted by Crippen LogP contribution is -2.38. The number of alkyl halides is 6. The van der Waals surface area contributed by atoms with Crippen LogP contribution in [-0.2, 0) is 12.4 Å². The molecule has 1 amide bonds. The Kier molecular flexibility index (Phi) is 6.26. The number of carbonyl (C=O) groups is 1. The Morgan fingerprint density at radius 3 is 2.18 bits per heavy atom. The van der Waals surface area contributed by atoms with Crippen molar-refractivity contribution < 1.29 is 31.1 Å². The molecule has 4 nitrogen and oxygen atoms in total. The van der Waals surface area contributed by atoms with Crippen LogP contribution in [0.4, 0.5) is 31.5 Å². The minimum atomic E-state index is -5.00. The monoisotopic (exact) mass is 487 g/mol. The van der Waals surface area contributed by atoms with E-state index in [4.69, 9.17) is 0 Å². The zero-order valence-electron chi connectivity index (χ0n) is 17.1. The van der Waals surface area contributed by atoms with E-state index in [2.05, 4.69) is 15.2 Å². The van der Waals surface area contributed by atoms with E-state index >= 15 is 0 Å². The Hall–Kier alpha value is -2.82. The highest BCUT2D eigenvalue weighted by molar-refractivity contribution is 7.22. The van der Waals surface area contributed by atoms with E-state index in [0.29, 0.717) is 38.1 Å². The van der Waals surface area contributed by atoms with E-state index in [-0.39, 0.29) is 18.5 Å². The Balaban J connectivity index is 1.37. The minimum absolute atomic E-state index is 0.00847. The van der Waals surface area contributed by atoms with Crippen LogP contribution in [0.15, 0.2) is 42.5 Å². The Morgan fingerprint density at radius 1 is 1.00 bits per heavy atom. The summed E-state index contributed by atoms with van der Waals surface area (Å²) in [5, 5.41) is 3.40. The van der Waals surface area contributed by atoms with Gasteiger partial charge in [0, 0.05) is 25.2 Å². The summed E-state index contributed by atoms with van der Waals surface area (Å²) in [5.74, 6) is -0.896. The van der Waals surface area contributed by atoms with Crippen molar-refractivity contribution in [2.75, 3.05) is 24.5 Å². The zero-order chi connectivity index (χ0) is 23.8. The maximum Gasteiger partial charge on any atom is 0.416 e. The van der Waals surface area contributed by atoms with Gasteiger partial charge in [-0.05, 0) is 49.1 Å². The van der Waals surface area contributed by atoms with E-state index < -0.39 is 35.0 Å². The first kappa shape index (κ1) is 23.3. The topological polar surface area (TPSA) is 45.2 Å². The van der Waals surface area contributed by atoms with Gasteiger partial charge in [-0.1, -0.05) is 23.5 Å². The predicted octanol–water partition coefficient (Wildman–Crippen LogP) is 5.98. The fourth-order valence-corrected chi connectivity index (χ4v) is 4.77. The third kappa shape index (κ3) is 5.40. The van der Waals surface area contributed by atoms with E-state index in [1.54, 1.807) is 11.3 Å². The number of thiazole rings is 1. The summed E-state index contributed by atoms with van der Waals surface area (Å²) in [5.41, 5.74) is -2.76. The molecular formula is C22H19F6N3OS. The molecule has 1 aromatic heterocycles. The van der Waals surface area contributed by atoms with E-state index in [1.165, 1.54) is 0 Å². The molecule has 2 aromatic carbocycles. The fourth-order valence-electron chi connectivity index (χ4n) is 3.75. The predicted molar refractivity (Wildman–Crippen MR) is 113 cm³/mol. The number of carbonyl (C=O) groups excluding carboxylic acids is 1. The molecule has 1 aliphatic heterocycles. The lowest BCUT2D eigenvalue weighted by atomic mass is 9.97. The summed E-state index contributed by atoms with van der Waals surface area (Å²) in [4.78, 5) is 19.1. The number of aromatic nitrogens is 1. The number of para-hydroxylation sites is 1. The largest absolute Gasteiger partial charge is 0.416 e. The van der Waals surface area contributed by atoms with Crippen LogP contribution in [-0.4, -0.2) is 30.5 Å². The lowest BCUT2D eigenvalue weighted by molar-refractivity contribution is -0.143. The van der Waals surface area contributed by atoms with Crippen LogP contribution in [0.25, 0.3) is 10.2 Å². The molecule has 11 heteroatoms. The van der Waals surface area contributed by atoms with Crippen molar-refractivity contribution in [1.82, 2.24) is 10.3 Å². The summed E-state index contributed by atoms with van der Waals surface area (Å²) in [6.45, 7) is 1.56. The first-order chi connectivity index (χ1) is 15.5. The molecule has 0 radical (unpaired) electrons. The van der Waals surface area contributed by atoms with Crippen molar-refractivity contribution in [3.63, 3.8) is 0 Å². The van der Waals surface area contributed by atoms with Crippen LogP contribution in [0.5, 0.6) is 0 Å². The molecule has 0 aliphatic carbocycles. The molecule has 176 valence electrons. The Labute approximate surface area is 189 Å². The van der Waals surface area contributed by atoms with Crippen LogP contribution in [0.3, 0.4) is 0 Å². The van der Waals surface area contributed by atoms with Crippen LogP contribution < -0.4 is 10.2 Å². The number of amides is 1. The Bertz CT molecular complexity index is 1080. The third-order valence-electron chi connectivity index (χ3n) is 5.57. The molecule has 0 atom stereocenters. The van der Waals surface area contributed by atoms with Crippen molar-refractivity contribution in [2.24, 2.45) is 5.92 Å². The number of rotatable bonds is 4. The average Bonchev–Trinajstić information content (AvgIpc) is 3.20. The second-order valence-electron chi connectivity index (χ2n) is 7.90. The van der Waals surface area contributed by atoms with Crippen LogP contribution in [0.2, 0.25) is 0 Å². The molecule has 33 heavy (non-hydrogen) atoms. The van der Waals surface area contributed by atoms with Gasteiger partial charge < -0.3 is 10.2 Å². The van der Waals surface area contributed by atoms with Gasteiger partial charge in [-0.15, -0.1) is 0 Å². The number of nitrogens with zero attached hydrogens (tertiary/aromatic N) is 2. The molecule has 1 aliphatic rings. The highest BCUT2D eigenvalue weighted by Gasteiger charge is 2.37. The number of halogens is 6. The average molecular weight is 487 g/mol. The number of fused-ring (bicyclic) bond motifs is 1. The molecule has 0 saturated carbocycles. The van der Waals surface area contributed by atoms with E-state index in [0.717, 1.165) is 15.3 Å². The van der Waals surface area contributed by atoms with Crippen molar-refractivity contribution in [3.8, 4) is 0 Å². The maximum atomic E-state index is 13.0. The minimum Gasteiger partial charge on any atom is -0.352 e. The van der Waals surface area contributed by atoms with Crippen molar-refractivity contribution >= 4 is 32.6 Å². The van der Waals surface area contributed by atoms with Gasteiger partial charge in [-0.25, -0.2) is 4.98 Å². The lowest BCUT2D eigenvalue weighted by Gasteiger charge is -2.31. The second-order valence-corrected chi connectivity index (χ2v) is 8.91. The Morgan fingerprint density at radius 2 is 1.61 bits per heavy atom. The summed E-state index contributed by atoms with van der Waals surface area (Å²) in [6.07, 6.45) is -8.56. The van der Waals surface area contributed by atoms with Gasteiger partial charge >= 0.3 is 12.4 Å². The number of piperidine rings is 1. The van der Waals surface area contributed by atoms with Crippen LogP contribution >= 0.6 is 11.3 Å². The first-order valence-electron chi connectivity index (χ1n) is 10.2. The summed E-state index contributed by atoms with van der Waals surface area (Å²) in [6, 6.07) is 8.70. The first-order valence-corrected chi connectivity index (χ1v) is 11.0. The summed E-state index contributed by atoms with van der Waals surface area (Å²) >= 11 is 1.59. The van der Waals surface area contributed by atoms with Crippen molar-refractivity contribution in [3.05, 3.63) is 59.2 Å². The van der Waals surface area contributed by atoms with Gasteiger partial charge in [-0.3, -0.25) is 4.79 Å². The number of hydrogen-bond acceptors (Lipinski definition) is 4. The smallest absolute Gasteiger partial charge is 0.352 e. The van der Waals surface area contributed by atoms with Gasteiger partial charge in [0.1, 0.15) is 0 Å². The van der Waals surface area contributed by atoms with Gasteiger partial charge in [0.15, 0.2) is 5.13 Å². The quantitative estimate of drug-likeness (QED) is 0.461. The molecule has 4 rings (SSSR count). The highest BCUT2D eigenvalue weighted by atomic mass is 32.1. The number of hydrogen-bond donors (Lipinski definition) is 1. The van der Waals surface area contributed by atoms with Crippen molar-refractivity contribution in [1.29, 1.82) is 0 Å². The molecule has 3 aromatic rings. The van der Waals surface area contributed by atoms with E-state index in [9.17, 15) is 31.1 Å². The van der Waals surface area contributed by atoms with Gasteiger partial charge in [0.05, 0.1) is 21.3 Å². The van der Waals surface area contributed by atoms with Gasteiger partial charge in [-0.2, -0.15) is 26.3 Å². The molecule has 0 spiro atoms. The molecule has 1 fully saturated rings. The zero-order valence-corrected chi connectivity index (χ0v) is 17.9. The van der Waals surface area contributed by atoms with Crippen LogP contribution in [0.1, 0.15) is 34.3 Å². The molecule has 1 N–H and O–H groups in total. The molecule has 0 unspecified atom stereocenters. The normalized spacial score (nSPS) is 15.8. The molecule has 0 bridgehead atoms. The number of benzene rings is 2. The SMILES string of the molecule is O=C(NCC1CCN(c2nc3ccccc3s2)CC1)c1cc(C(F)(F)F)cc(C(F)(F)F)c1. The second kappa shape index (κ2) is 8.85. The van der Waals surface area contributed by atoms with E-state index in [1.807, 2.05) is 24.3 Å². The van der Waals surface area contributed by atoms with Gasteiger partial charge in [0.25, 0.3) is 5.91 Å². The number of anilines is 1. The van der Waals surface area contributed by atoms with Crippen molar-refractivity contribution in [2.45, 2.75) is 25.2 Å². The third-order valence-corrected chi connectivity index (χ3v) is 6.67. The molecule has 2 heterocycles. The maximum absolute atomic E-state index is 13.0. The fraction of sp³-hybridized carbons (Fsp3) is 0.364. The van der Waals surface area contributed by atoms with Gasteiger partial charge in [0.2, 0.25) is 0 Å². The van der Waals surface area contributed by atoms with Crippen LogP contribution in [0, 0.1) is 5.92 Å².